The van der Waals surface area contributed by atoms with E-state index in [-0.39, 0.29) is 0 Å². The Labute approximate surface area is 101 Å². The van der Waals surface area contributed by atoms with Crippen molar-refractivity contribution in [2.75, 3.05) is 19.8 Å². The summed E-state index contributed by atoms with van der Waals surface area (Å²) in [7, 11) is 0. The molecule has 96 valence electrons. The van der Waals surface area contributed by atoms with E-state index in [0.29, 0.717) is 5.92 Å². The van der Waals surface area contributed by atoms with Crippen LogP contribution in [-0.2, 0) is 4.74 Å². The summed E-state index contributed by atoms with van der Waals surface area (Å²) in [6.07, 6.45) is 4.09. The van der Waals surface area contributed by atoms with E-state index in [4.69, 9.17) is 4.74 Å². The maximum absolute atomic E-state index is 5.58. The van der Waals surface area contributed by atoms with E-state index >= 15 is 0 Å². The molecule has 1 aliphatic rings. The molecule has 0 heterocycles. The average molecular weight is 227 g/mol. The third-order valence-corrected chi connectivity index (χ3v) is 3.31. The van der Waals surface area contributed by atoms with Crippen LogP contribution in [0.25, 0.3) is 0 Å². The van der Waals surface area contributed by atoms with Crippen LogP contribution in [0.3, 0.4) is 0 Å². The minimum absolute atomic E-state index is 0.648. The second-order valence-electron chi connectivity index (χ2n) is 6.04. The van der Waals surface area contributed by atoms with Gasteiger partial charge in [-0.1, -0.05) is 27.7 Å². The summed E-state index contributed by atoms with van der Waals surface area (Å²) in [5.41, 5.74) is 0. The standard InChI is InChI=1S/C14H29NO/c1-11(2)10-16-6-5-15-14-8-12(3)7-13(4)9-14/h11-15H,5-10H2,1-4H3. The van der Waals surface area contributed by atoms with Crippen LogP contribution in [0.15, 0.2) is 0 Å². The zero-order valence-electron chi connectivity index (χ0n) is 11.5. The number of hydrogen-bond donors (Lipinski definition) is 1. The van der Waals surface area contributed by atoms with Crippen molar-refractivity contribution in [3.05, 3.63) is 0 Å². The minimum Gasteiger partial charge on any atom is -0.380 e. The Morgan fingerprint density at radius 2 is 1.75 bits per heavy atom. The van der Waals surface area contributed by atoms with Crippen molar-refractivity contribution in [3.8, 4) is 0 Å². The molecule has 0 amide bonds. The van der Waals surface area contributed by atoms with Gasteiger partial charge in [0.25, 0.3) is 0 Å². The van der Waals surface area contributed by atoms with Gasteiger partial charge in [-0.3, -0.25) is 0 Å². The lowest BCUT2D eigenvalue weighted by Gasteiger charge is -2.32. The smallest absolute Gasteiger partial charge is 0.0591 e. The van der Waals surface area contributed by atoms with Crippen molar-refractivity contribution < 1.29 is 4.74 Å². The van der Waals surface area contributed by atoms with Gasteiger partial charge in [0.05, 0.1) is 6.61 Å². The lowest BCUT2D eigenvalue weighted by atomic mass is 9.80. The Morgan fingerprint density at radius 1 is 1.12 bits per heavy atom. The third kappa shape index (κ3) is 5.86. The van der Waals surface area contributed by atoms with Crippen LogP contribution in [0, 0.1) is 17.8 Å². The van der Waals surface area contributed by atoms with E-state index in [0.717, 1.165) is 37.6 Å². The van der Waals surface area contributed by atoms with Crippen LogP contribution in [0.2, 0.25) is 0 Å². The fraction of sp³-hybridized carbons (Fsp3) is 1.00. The molecule has 1 fully saturated rings. The fourth-order valence-corrected chi connectivity index (χ4v) is 2.77. The first kappa shape index (κ1) is 14.0. The van der Waals surface area contributed by atoms with E-state index in [1.54, 1.807) is 0 Å². The molecule has 0 spiro atoms. The second-order valence-corrected chi connectivity index (χ2v) is 6.04. The average Bonchev–Trinajstić information content (AvgIpc) is 2.15. The normalized spacial score (nSPS) is 30.9. The Hall–Kier alpha value is -0.0800. The van der Waals surface area contributed by atoms with Gasteiger partial charge in [0.1, 0.15) is 0 Å². The largest absolute Gasteiger partial charge is 0.380 e. The highest BCUT2D eigenvalue weighted by Crippen LogP contribution is 2.28. The maximum atomic E-state index is 5.58. The van der Waals surface area contributed by atoms with E-state index in [2.05, 4.69) is 33.0 Å². The van der Waals surface area contributed by atoms with Crippen molar-refractivity contribution in [2.24, 2.45) is 17.8 Å². The molecule has 1 saturated carbocycles. The lowest BCUT2D eigenvalue weighted by Crippen LogP contribution is -2.38. The highest BCUT2D eigenvalue weighted by atomic mass is 16.5. The summed E-state index contributed by atoms with van der Waals surface area (Å²) < 4.78 is 5.58. The van der Waals surface area contributed by atoms with Gasteiger partial charge >= 0.3 is 0 Å². The van der Waals surface area contributed by atoms with Crippen LogP contribution >= 0.6 is 0 Å². The Morgan fingerprint density at radius 3 is 2.31 bits per heavy atom. The molecule has 1 rings (SSSR count). The number of nitrogens with one attached hydrogen (secondary N) is 1. The molecule has 0 bridgehead atoms. The Balaban J connectivity index is 2.04. The molecule has 1 N–H and O–H groups in total. The van der Waals surface area contributed by atoms with Gasteiger partial charge in [0, 0.05) is 19.2 Å². The van der Waals surface area contributed by atoms with Gasteiger partial charge in [-0.25, -0.2) is 0 Å². The van der Waals surface area contributed by atoms with Gasteiger partial charge < -0.3 is 10.1 Å². The lowest BCUT2D eigenvalue weighted by molar-refractivity contribution is 0.106. The molecule has 0 radical (unpaired) electrons. The van der Waals surface area contributed by atoms with Crippen molar-refractivity contribution in [3.63, 3.8) is 0 Å². The van der Waals surface area contributed by atoms with Crippen LogP contribution in [0.4, 0.5) is 0 Å². The molecular formula is C14H29NO. The van der Waals surface area contributed by atoms with Gasteiger partial charge in [0.15, 0.2) is 0 Å². The van der Waals surface area contributed by atoms with Crippen LogP contribution < -0.4 is 5.32 Å². The third-order valence-electron chi connectivity index (χ3n) is 3.31. The quantitative estimate of drug-likeness (QED) is 0.704. The molecular weight excluding hydrogens is 198 g/mol. The van der Waals surface area contributed by atoms with Crippen LogP contribution in [0.5, 0.6) is 0 Å². The molecule has 0 aromatic rings. The number of ether oxygens (including phenoxy) is 1. The van der Waals surface area contributed by atoms with Crippen molar-refractivity contribution in [1.29, 1.82) is 0 Å². The predicted octanol–water partition coefficient (Wildman–Crippen LogP) is 3.07. The summed E-state index contributed by atoms with van der Waals surface area (Å²) >= 11 is 0. The SMILES string of the molecule is CC(C)COCCNC1CC(C)CC(C)C1. The first-order valence-corrected chi connectivity index (χ1v) is 6.89. The molecule has 2 heteroatoms. The van der Waals surface area contributed by atoms with E-state index in [1.807, 2.05) is 0 Å². The predicted molar refractivity (Wildman–Crippen MR) is 69.6 cm³/mol. The summed E-state index contributed by atoms with van der Waals surface area (Å²) in [5, 5.41) is 3.63. The zero-order valence-corrected chi connectivity index (χ0v) is 11.5. The summed E-state index contributed by atoms with van der Waals surface area (Å²) in [6, 6.07) is 0.724. The topological polar surface area (TPSA) is 21.3 Å². The molecule has 16 heavy (non-hydrogen) atoms. The highest BCUT2D eigenvalue weighted by molar-refractivity contribution is 4.79. The molecule has 2 nitrogen and oxygen atoms in total. The highest BCUT2D eigenvalue weighted by Gasteiger charge is 2.22. The summed E-state index contributed by atoms with van der Waals surface area (Å²) in [6.45, 7) is 11.9. The number of hydrogen-bond acceptors (Lipinski definition) is 2. The second kappa shape index (κ2) is 7.29. The molecule has 2 unspecified atom stereocenters. The molecule has 0 aliphatic heterocycles. The van der Waals surface area contributed by atoms with E-state index in [9.17, 15) is 0 Å². The summed E-state index contributed by atoms with van der Waals surface area (Å²) in [5.74, 6) is 2.42. The first-order valence-electron chi connectivity index (χ1n) is 6.89. The van der Waals surface area contributed by atoms with E-state index < -0.39 is 0 Å². The molecule has 2 atom stereocenters. The van der Waals surface area contributed by atoms with Crippen molar-refractivity contribution in [1.82, 2.24) is 5.32 Å². The molecule has 0 saturated heterocycles. The van der Waals surface area contributed by atoms with Gasteiger partial charge in [-0.15, -0.1) is 0 Å². The Bertz CT molecular complexity index is 172. The van der Waals surface area contributed by atoms with Crippen molar-refractivity contribution >= 4 is 0 Å². The zero-order chi connectivity index (χ0) is 12.0. The monoisotopic (exact) mass is 227 g/mol. The molecule has 0 aromatic carbocycles. The van der Waals surface area contributed by atoms with Crippen molar-refractivity contribution in [2.45, 2.75) is 53.0 Å². The minimum atomic E-state index is 0.648. The van der Waals surface area contributed by atoms with Crippen LogP contribution in [0.1, 0.15) is 47.0 Å². The fourth-order valence-electron chi connectivity index (χ4n) is 2.77. The van der Waals surface area contributed by atoms with Gasteiger partial charge in [-0.2, -0.15) is 0 Å². The first-order chi connectivity index (χ1) is 7.58. The van der Waals surface area contributed by atoms with Gasteiger partial charge in [0.2, 0.25) is 0 Å². The summed E-state index contributed by atoms with van der Waals surface area (Å²) in [4.78, 5) is 0. The molecule has 0 aromatic heterocycles. The maximum Gasteiger partial charge on any atom is 0.0591 e. The van der Waals surface area contributed by atoms with E-state index in [1.165, 1.54) is 19.3 Å². The molecule has 1 aliphatic carbocycles. The van der Waals surface area contributed by atoms with Gasteiger partial charge in [-0.05, 0) is 37.0 Å². The Kier molecular flexibility index (Phi) is 6.37. The van der Waals surface area contributed by atoms with Crippen LogP contribution in [-0.4, -0.2) is 25.8 Å². The number of rotatable bonds is 6.